The highest BCUT2D eigenvalue weighted by molar-refractivity contribution is 7.25. The van der Waals surface area contributed by atoms with Gasteiger partial charge in [0, 0.05) is 42.1 Å². The molecule has 0 fully saturated rings. The van der Waals surface area contributed by atoms with Gasteiger partial charge in [-0.15, -0.1) is 11.3 Å². The fourth-order valence-corrected chi connectivity index (χ4v) is 9.63. The van der Waals surface area contributed by atoms with Gasteiger partial charge in [0.1, 0.15) is 11.2 Å². The summed E-state index contributed by atoms with van der Waals surface area (Å²) in [5.41, 5.74) is 6.74. The molecule has 9 aromatic carbocycles. The van der Waals surface area contributed by atoms with E-state index in [0.29, 0.717) is 17.5 Å². The summed E-state index contributed by atoms with van der Waals surface area (Å²) in [4.78, 5) is 15.2. The van der Waals surface area contributed by atoms with E-state index in [0.717, 1.165) is 38.6 Å². The van der Waals surface area contributed by atoms with Gasteiger partial charge in [0.25, 0.3) is 0 Å². The van der Waals surface area contributed by atoms with Crippen LogP contribution in [0.2, 0.25) is 0 Å². The van der Waals surface area contributed by atoms with Crippen molar-refractivity contribution in [3.8, 4) is 45.3 Å². The van der Waals surface area contributed by atoms with Crippen molar-refractivity contribution in [2.75, 3.05) is 0 Å². The number of aromatic nitrogens is 3. The Morgan fingerprint density at radius 3 is 1.54 bits per heavy atom. The third kappa shape index (κ3) is 4.81. The summed E-state index contributed by atoms with van der Waals surface area (Å²) in [7, 11) is 0. The van der Waals surface area contributed by atoms with Gasteiger partial charge in [0.05, 0.1) is 5.56 Å². The predicted molar refractivity (Wildman–Crippen MR) is 234 cm³/mol. The molecule has 5 heteroatoms. The summed E-state index contributed by atoms with van der Waals surface area (Å²) in [6.07, 6.45) is 0. The van der Waals surface area contributed by atoms with Crippen LogP contribution in [0.1, 0.15) is 0 Å². The topological polar surface area (TPSA) is 51.8 Å². The molecule has 0 spiro atoms. The Balaban J connectivity index is 0.988. The van der Waals surface area contributed by atoms with Crippen LogP contribution in [0.5, 0.6) is 0 Å². The van der Waals surface area contributed by atoms with Crippen molar-refractivity contribution in [2.45, 2.75) is 0 Å². The molecule has 0 atom stereocenters. The van der Waals surface area contributed by atoms with Crippen LogP contribution >= 0.6 is 11.3 Å². The molecule has 3 heterocycles. The van der Waals surface area contributed by atoms with Gasteiger partial charge < -0.3 is 4.42 Å². The van der Waals surface area contributed by atoms with Crippen LogP contribution < -0.4 is 0 Å². The lowest BCUT2D eigenvalue weighted by molar-refractivity contribution is 0.669. The molecule has 0 bridgehead atoms. The second-order valence-corrected chi connectivity index (χ2v) is 15.4. The first-order chi connectivity index (χ1) is 27.7. The molecule has 4 nitrogen and oxygen atoms in total. The summed E-state index contributed by atoms with van der Waals surface area (Å²) in [6, 6.07) is 62.3. The third-order valence-corrected chi connectivity index (χ3v) is 12.2. The summed E-state index contributed by atoms with van der Waals surface area (Å²) < 4.78 is 8.85. The number of hydrogen-bond donors (Lipinski definition) is 0. The van der Waals surface area contributed by atoms with E-state index in [1.165, 1.54) is 63.6 Å². The fraction of sp³-hybridized carbons (Fsp3) is 0. The molecule has 12 rings (SSSR count). The van der Waals surface area contributed by atoms with Gasteiger partial charge in [-0.05, 0) is 73.8 Å². The van der Waals surface area contributed by atoms with E-state index in [2.05, 4.69) is 115 Å². The van der Waals surface area contributed by atoms with Gasteiger partial charge in [-0.3, -0.25) is 0 Å². The zero-order chi connectivity index (χ0) is 36.7. The summed E-state index contributed by atoms with van der Waals surface area (Å²) in [5, 5.41) is 12.3. The molecule has 0 amide bonds. The van der Waals surface area contributed by atoms with Crippen molar-refractivity contribution in [1.29, 1.82) is 0 Å². The largest absolute Gasteiger partial charge is 0.455 e. The highest BCUT2D eigenvalue weighted by Gasteiger charge is 2.19. The Hall–Kier alpha value is -7.21. The minimum absolute atomic E-state index is 0.579. The smallest absolute Gasteiger partial charge is 0.167 e. The number of para-hydroxylation sites is 2. The minimum Gasteiger partial charge on any atom is -0.455 e. The lowest BCUT2D eigenvalue weighted by Gasteiger charge is -2.12. The van der Waals surface area contributed by atoms with Gasteiger partial charge >= 0.3 is 0 Å². The molecule has 56 heavy (non-hydrogen) atoms. The van der Waals surface area contributed by atoms with Crippen LogP contribution in [-0.4, -0.2) is 15.0 Å². The van der Waals surface area contributed by atoms with E-state index in [1.807, 2.05) is 60.7 Å². The molecule has 0 unspecified atom stereocenters. The van der Waals surface area contributed by atoms with Crippen LogP contribution in [0.25, 0.3) is 120 Å². The van der Waals surface area contributed by atoms with Gasteiger partial charge in [-0.25, -0.2) is 15.0 Å². The number of hydrogen-bond acceptors (Lipinski definition) is 5. The Morgan fingerprint density at radius 1 is 0.321 bits per heavy atom. The van der Waals surface area contributed by atoms with Gasteiger partial charge in [0.2, 0.25) is 0 Å². The van der Waals surface area contributed by atoms with E-state index in [4.69, 9.17) is 19.4 Å². The van der Waals surface area contributed by atoms with E-state index < -0.39 is 0 Å². The number of benzene rings is 9. The Bertz CT molecular complexity index is 3510. The number of rotatable bonds is 4. The molecular weight excluding hydrogens is 703 g/mol. The third-order valence-electron chi connectivity index (χ3n) is 11.1. The maximum atomic E-state index is 6.42. The zero-order valence-corrected chi connectivity index (χ0v) is 30.7. The van der Waals surface area contributed by atoms with Crippen LogP contribution in [0.4, 0.5) is 0 Å². The molecule has 3 aromatic heterocycles. The molecule has 0 aliphatic rings. The van der Waals surface area contributed by atoms with Crippen LogP contribution in [-0.2, 0) is 0 Å². The highest BCUT2D eigenvalue weighted by Crippen LogP contribution is 2.41. The average molecular weight is 732 g/mol. The second kappa shape index (κ2) is 12.2. The maximum Gasteiger partial charge on any atom is 0.167 e. The summed E-state index contributed by atoms with van der Waals surface area (Å²) in [6.45, 7) is 0. The molecule has 0 N–H and O–H groups in total. The van der Waals surface area contributed by atoms with Crippen LogP contribution in [0, 0.1) is 0 Å². The van der Waals surface area contributed by atoms with Gasteiger partial charge in [0.15, 0.2) is 17.5 Å². The van der Waals surface area contributed by atoms with Crippen molar-refractivity contribution in [1.82, 2.24) is 15.0 Å². The Morgan fingerprint density at radius 2 is 0.821 bits per heavy atom. The monoisotopic (exact) mass is 731 g/mol. The Labute approximate surface area is 325 Å². The number of nitrogens with zero attached hydrogens (tertiary/aromatic N) is 3. The standard InChI is InChI=1S/C51H29N3OS/c1-2-11-30(12-3-1)49-52-50(54-51(53-49)43-19-10-18-42-39-17-8-9-20-45(39)55-48(42)43)33-23-26-41-40-25-22-32(28-46(40)56-47(41)29-33)31-21-24-38-36-15-5-4-13-34(36)35-14-6-7-16-37(35)44(38)27-31/h1-29H. The minimum atomic E-state index is 0.579. The first-order valence-corrected chi connectivity index (χ1v) is 19.6. The molecule has 0 aliphatic carbocycles. The van der Waals surface area contributed by atoms with Crippen molar-refractivity contribution >= 4 is 85.8 Å². The number of furan rings is 1. The van der Waals surface area contributed by atoms with Crippen molar-refractivity contribution in [3.05, 3.63) is 176 Å². The molecule has 0 aliphatic heterocycles. The van der Waals surface area contributed by atoms with Crippen molar-refractivity contribution in [2.24, 2.45) is 0 Å². The molecule has 12 aromatic rings. The second-order valence-electron chi connectivity index (χ2n) is 14.3. The predicted octanol–water partition coefficient (Wildman–Crippen LogP) is 14.3. The van der Waals surface area contributed by atoms with E-state index in [1.54, 1.807) is 11.3 Å². The molecule has 0 radical (unpaired) electrons. The highest BCUT2D eigenvalue weighted by atomic mass is 32.1. The lowest BCUT2D eigenvalue weighted by Crippen LogP contribution is -2.00. The molecule has 0 saturated heterocycles. The van der Waals surface area contributed by atoms with Gasteiger partial charge in [-0.2, -0.15) is 0 Å². The Kier molecular flexibility index (Phi) is 6.76. The quantitative estimate of drug-likeness (QED) is 0.169. The van der Waals surface area contributed by atoms with Gasteiger partial charge in [-0.1, -0.05) is 146 Å². The first kappa shape index (κ1) is 31.2. The maximum absolute atomic E-state index is 6.42. The number of fused-ring (bicyclic) bond motifs is 12. The van der Waals surface area contributed by atoms with Crippen LogP contribution in [0.3, 0.4) is 0 Å². The summed E-state index contributed by atoms with van der Waals surface area (Å²) >= 11 is 1.81. The first-order valence-electron chi connectivity index (χ1n) is 18.8. The molecule has 0 saturated carbocycles. The van der Waals surface area contributed by atoms with E-state index in [9.17, 15) is 0 Å². The zero-order valence-electron chi connectivity index (χ0n) is 29.9. The SMILES string of the molecule is c1ccc(-c2nc(-c3ccc4c(c3)sc3cc(-c5ccc6c7ccccc7c7ccccc7c6c5)ccc34)nc(-c3cccc4c3oc3ccccc34)n2)cc1. The number of thiophene rings is 1. The van der Waals surface area contributed by atoms with Crippen LogP contribution in [0.15, 0.2) is 180 Å². The van der Waals surface area contributed by atoms with E-state index >= 15 is 0 Å². The van der Waals surface area contributed by atoms with Crippen molar-refractivity contribution < 1.29 is 4.42 Å². The lowest BCUT2D eigenvalue weighted by atomic mass is 9.92. The normalized spacial score (nSPS) is 11.9. The van der Waals surface area contributed by atoms with Crippen molar-refractivity contribution in [3.63, 3.8) is 0 Å². The van der Waals surface area contributed by atoms with E-state index in [-0.39, 0.29) is 0 Å². The average Bonchev–Trinajstić information content (AvgIpc) is 3.84. The fourth-order valence-electron chi connectivity index (χ4n) is 8.45. The molecular formula is C51H29N3OS. The summed E-state index contributed by atoms with van der Waals surface area (Å²) in [5.74, 6) is 1.82. The molecule has 260 valence electrons.